The van der Waals surface area contributed by atoms with Gasteiger partial charge in [-0.1, -0.05) is 6.07 Å². The molecule has 0 radical (unpaired) electrons. The van der Waals surface area contributed by atoms with Crippen molar-refractivity contribution < 1.29 is 14.3 Å². The van der Waals surface area contributed by atoms with E-state index in [-0.39, 0.29) is 11.8 Å². The molecule has 0 aliphatic rings. The molecule has 86 valence electrons. The normalized spacial score (nSPS) is 9.44. The number of methoxy groups -OCH3 is 1. The second kappa shape index (κ2) is 5.16. The van der Waals surface area contributed by atoms with Crippen LogP contribution in [0.4, 0.5) is 11.4 Å². The van der Waals surface area contributed by atoms with Gasteiger partial charge in [-0.05, 0) is 12.1 Å². The Bertz CT molecular complexity index is 416. The van der Waals surface area contributed by atoms with Crippen LogP contribution in [0.25, 0.3) is 0 Å². The van der Waals surface area contributed by atoms with Gasteiger partial charge in [0.1, 0.15) is 11.4 Å². The molecule has 0 bridgehead atoms. The highest BCUT2D eigenvalue weighted by molar-refractivity contribution is 6.00. The minimum absolute atomic E-state index is 0.208. The topological polar surface area (TPSA) is 67.4 Å². The number of rotatable bonds is 3. The molecule has 0 aliphatic heterocycles. The third kappa shape index (κ3) is 2.98. The van der Waals surface area contributed by atoms with Gasteiger partial charge in [0.05, 0.1) is 12.8 Å². The highest BCUT2D eigenvalue weighted by atomic mass is 16.5. The summed E-state index contributed by atoms with van der Waals surface area (Å²) in [5.74, 6) is 0.0670. The minimum Gasteiger partial charge on any atom is -0.494 e. The summed E-state index contributed by atoms with van der Waals surface area (Å²) in [6.07, 6.45) is 0. The van der Waals surface area contributed by atoms with Crippen LogP contribution in [0, 0.1) is 0 Å². The van der Waals surface area contributed by atoms with Gasteiger partial charge in [0.2, 0.25) is 11.8 Å². The van der Waals surface area contributed by atoms with E-state index in [1.54, 1.807) is 18.2 Å². The molecule has 0 fully saturated rings. The van der Waals surface area contributed by atoms with E-state index in [0.29, 0.717) is 17.1 Å². The van der Waals surface area contributed by atoms with Crippen molar-refractivity contribution in [2.24, 2.45) is 0 Å². The number of ether oxygens (including phenoxy) is 1. The molecular weight excluding hydrogens is 208 g/mol. The van der Waals surface area contributed by atoms with Crippen LogP contribution >= 0.6 is 0 Å². The molecule has 1 aromatic rings. The van der Waals surface area contributed by atoms with Crippen molar-refractivity contribution in [3.63, 3.8) is 0 Å². The van der Waals surface area contributed by atoms with Gasteiger partial charge < -0.3 is 15.4 Å². The van der Waals surface area contributed by atoms with Crippen LogP contribution in [0.5, 0.6) is 5.75 Å². The SMILES string of the molecule is COc1cccc(NC(C)=O)c1NC(C)=O. The van der Waals surface area contributed by atoms with Crippen molar-refractivity contribution in [3.8, 4) is 5.75 Å². The lowest BCUT2D eigenvalue weighted by Gasteiger charge is -2.13. The summed E-state index contributed by atoms with van der Waals surface area (Å²) in [5, 5.41) is 5.24. The molecule has 0 spiro atoms. The van der Waals surface area contributed by atoms with Crippen LogP contribution in [-0.4, -0.2) is 18.9 Å². The fourth-order valence-corrected chi connectivity index (χ4v) is 1.30. The summed E-state index contributed by atoms with van der Waals surface area (Å²) < 4.78 is 5.10. The Morgan fingerprint density at radius 1 is 1.12 bits per heavy atom. The third-order valence-electron chi connectivity index (χ3n) is 1.86. The van der Waals surface area contributed by atoms with Crippen molar-refractivity contribution in [1.82, 2.24) is 0 Å². The number of anilines is 2. The first kappa shape index (κ1) is 12.0. The highest BCUT2D eigenvalue weighted by Gasteiger charge is 2.10. The molecule has 0 aromatic heterocycles. The molecule has 0 atom stereocenters. The number of amides is 2. The van der Waals surface area contributed by atoms with Gasteiger partial charge in [-0.15, -0.1) is 0 Å². The van der Waals surface area contributed by atoms with E-state index in [9.17, 15) is 9.59 Å². The van der Waals surface area contributed by atoms with Crippen molar-refractivity contribution in [2.45, 2.75) is 13.8 Å². The largest absolute Gasteiger partial charge is 0.494 e. The smallest absolute Gasteiger partial charge is 0.221 e. The Hall–Kier alpha value is -2.04. The molecule has 2 N–H and O–H groups in total. The first-order valence-electron chi connectivity index (χ1n) is 4.76. The molecule has 16 heavy (non-hydrogen) atoms. The molecule has 0 unspecified atom stereocenters. The zero-order valence-electron chi connectivity index (χ0n) is 9.46. The first-order valence-corrected chi connectivity index (χ1v) is 4.76. The second-order valence-corrected chi connectivity index (χ2v) is 3.25. The van der Waals surface area contributed by atoms with Gasteiger partial charge in [-0.3, -0.25) is 9.59 Å². The van der Waals surface area contributed by atoms with E-state index in [0.717, 1.165) is 0 Å². The molecule has 5 heteroatoms. The summed E-state index contributed by atoms with van der Waals surface area (Å²) in [6, 6.07) is 5.13. The molecular formula is C11H14N2O3. The molecule has 2 amide bonds. The quantitative estimate of drug-likeness (QED) is 0.816. The summed E-state index contributed by atoms with van der Waals surface area (Å²) in [5.41, 5.74) is 0.981. The Morgan fingerprint density at radius 3 is 2.25 bits per heavy atom. The lowest BCUT2D eigenvalue weighted by Crippen LogP contribution is -2.13. The van der Waals surface area contributed by atoms with Crippen molar-refractivity contribution in [1.29, 1.82) is 0 Å². The van der Waals surface area contributed by atoms with Gasteiger partial charge in [-0.25, -0.2) is 0 Å². The van der Waals surface area contributed by atoms with Crippen LogP contribution in [0.2, 0.25) is 0 Å². The fourth-order valence-electron chi connectivity index (χ4n) is 1.30. The van der Waals surface area contributed by atoms with E-state index in [1.165, 1.54) is 21.0 Å². The van der Waals surface area contributed by atoms with Crippen LogP contribution in [0.1, 0.15) is 13.8 Å². The maximum Gasteiger partial charge on any atom is 0.221 e. The molecule has 1 aromatic carbocycles. The van der Waals surface area contributed by atoms with Crippen molar-refractivity contribution in [2.75, 3.05) is 17.7 Å². The highest BCUT2D eigenvalue weighted by Crippen LogP contribution is 2.32. The zero-order valence-corrected chi connectivity index (χ0v) is 9.46. The lowest BCUT2D eigenvalue weighted by molar-refractivity contribution is -0.115. The number of hydrogen-bond donors (Lipinski definition) is 2. The summed E-state index contributed by atoms with van der Waals surface area (Å²) in [7, 11) is 1.50. The monoisotopic (exact) mass is 222 g/mol. The van der Waals surface area contributed by atoms with Gasteiger partial charge in [0.25, 0.3) is 0 Å². The third-order valence-corrected chi connectivity index (χ3v) is 1.86. The maximum absolute atomic E-state index is 11.0. The summed E-state index contributed by atoms with van der Waals surface area (Å²) in [4.78, 5) is 22.0. The molecule has 0 heterocycles. The van der Waals surface area contributed by atoms with Crippen molar-refractivity contribution in [3.05, 3.63) is 18.2 Å². The van der Waals surface area contributed by atoms with Gasteiger partial charge in [0.15, 0.2) is 0 Å². The van der Waals surface area contributed by atoms with Crippen molar-refractivity contribution >= 4 is 23.2 Å². The average Bonchev–Trinajstić information content (AvgIpc) is 2.19. The van der Waals surface area contributed by atoms with Gasteiger partial charge >= 0.3 is 0 Å². The van der Waals surface area contributed by atoms with Crippen LogP contribution in [0.3, 0.4) is 0 Å². The molecule has 0 saturated carbocycles. The standard InChI is InChI=1S/C11H14N2O3/c1-7(14)12-9-5-4-6-10(16-3)11(9)13-8(2)15/h4-6H,1-3H3,(H,12,14)(H,13,15). The number of benzene rings is 1. The predicted octanol–water partition coefficient (Wildman–Crippen LogP) is 1.61. The number of nitrogens with one attached hydrogen (secondary N) is 2. The fraction of sp³-hybridized carbons (Fsp3) is 0.273. The Morgan fingerprint density at radius 2 is 1.75 bits per heavy atom. The summed E-state index contributed by atoms with van der Waals surface area (Å²) >= 11 is 0. The van der Waals surface area contributed by atoms with Crippen LogP contribution in [0.15, 0.2) is 18.2 Å². The van der Waals surface area contributed by atoms with Crippen LogP contribution in [-0.2, 0) is 9.59 Å². The molecule has 0 aliphatic carbocycles. The number of hydrogen-bond acceptors (Lipinski definition) is 3. The van der Waals surface area contributed by atoms with E-state index in [2.05, 4.69) is 10.6 Å². The number of carbonyl (C=O) groups is 2. The molecule has 0 saturated heterocycles. The summed E-state index contributed by atoms with van der Waals surface area (Å²) in [6.45, 7) is 2.79. The van der Waals surface area contributed by atoms with E-state index in [4.69, 9.17) is 4.74 Å². The molecule has 5 nitrogen and oxygen atoms in total. The predicted molar refractivity (Wildman–Crippen MR) is 61.6 cm³/mol. The maximum atomic E-state index is 11.0. The average molecular weight is 222 g/mol. The Kier molecular flexibility index (Phi) is 3.88. The van der Waals surface area contributed by atoms with E-state index >= 15 is 0 Å². The molecule has 1 rings (SSSR count). The van der Waals surface area contributed by atoms with Gasteiger partial charge in [-0.2, -0.15) is 0 Å². The number of carbonyl (C=O) groups excluding carboxylic acids is 2. The van der Waals surface area contributed by atoms with E-state index < -0.39 is 0 Å². The van der Waals surface area contributed by atoms with Gasteiger partial charge in [0, 0.05) is 13.8 Å². The van der Waals surface area contributed by atoms with Crippen LogP contribution < -0.4 is 15.4 Å². The Labute approximate surface area is 93.8 Å². The minimum atomic E-state index is -0.226. The lowest BCUT2D eigenvalue weighted by atomic mass is 10.2. The second-order valence-electron chi connectivity index (χ2n) is 3.25. The Balaban J connectivity index is 3.14. The first-order chi connectivity index (χ1) is 7.54. The van der Waals surface area contributed by atoms with E-state index in [1.807, 2.05) is 0 Å². The zero-order chi connectivity index (χ0) is 12.1. The number of para-hydroxylation sites is 1.